The van der Waals surface area contributed by atoms with Gasteiger partial charge < -0.3 is 9.53 Å². The van der Waals surface area contributed by atoms with E-state index in [1.54, 1.807) is 6.07 Å². The van der Waals surface area contributed by atoms with E-state index in [1.807, 2.05) is 42.5 Å². The molecule has 0 N–H and O–H groups in total. The fourth-order valence-corrected chi connectivity index (χ4v) is 2.03. The zero-order valence-corrected chi connectivity index (χ0v) is 11.3. The number of benzene rings is 2. The molecular formula is C16H15ClO2. The first-order chi connectivity index (χ1) is 9.29. The normalized spacial score (nSPS) is 10.2. The maximum Gasteiger partial charge on any atom is 0.123 e. The van der Waals surface area contributed by atoms with E-state index in [2.05, 4.69) is 0 Å². The fraction of sp³-hybridized carbons (Fsp3) is 0.188. The predicted molar refractivity (Wildman–Crippen MR) is 76.6 cm³/mol. The van der Waals surface area contributed by atoms with Crippen LogP contribution < -0.4 is 4.74 Å². The summed E-state index contributed by atoms with van der Waals surface area (Å²) < 4.78 is 5.80. The van der Waals surface area contributed by atoms with Crippen molar-refractivity contribution in [2.75, 3.05) is 0 Å². The second-order valence-electron chi connectivity index (χ2n) is 4.23. The van der Waals surface area contributed by atoms with Gasteiger partial charge in [0.2, 0.25) is 0 Å². The summed E-state index contributed by atoms with van der Waals surface area (Å²) >= 11 is 5.97. The van der Waals surface area contributed by atoms with Gasteiger partial charge in [-0.15, -0.1) is 0 Å². The number of hydrogen-bond donors (Lipinski definition) is 0. The first-order valence-corrected chi connectivity index (χ1v) is 6.56. The van der Waals surface area contributed by atoms with Crippen LogP contribution in [0.1, 0.15) is 17.5 Å². The predicted octanol–water partition coefficient (Wildman–Crippen LogP) is 4.05. The first kappa shape index (κ1) is 13.6. The molecule has 19 heavy (non-hydrogen) atoms. The summed E-state index contributed by atoms with van der Waals surface area (Å²) in [6, 6.07) is 15.5. The average Bonchev–Trinajstić information content (AvgIpc) is 2.45. The van der Waals surface area contributed by atoms with Gasteiger partial charge in [0.05, 0.1) is 0 Å². The molecule has 0 aromatic heterocycles. The van der Waals surface area contributed by atoms with Crippen LogP contribution in [0.5, 0.6) is 5.75 Å². The standard InChI is InChI=1S/C16H15ClO2/c17-15-8-9-16(14(11-15)7-4-10-18)19-12-13-5-2-1-3-6-13/h1-3,5-6,8-11H,4,7,12H2. The lowest BCUT2D eigenvalue weighted by atomic mass is 10.1. The Morgan fingerprint density at radius 3 is 2.63 bits per heavy atom. The molecule has 0 aliphatic carbocycles. The molecule has 0 heterocycles. The summed E-state index contributed by atoms with van der Waals surface area (Å²) in [5.74, 6) is 0.787. The molecule has 0 amide bonds. The van der Waals surface area contributed by atoms with E-state index in [4.69, 9.17) is 16.3 Å². The zero-order valence-electron chi connectivity index (χ0n) is 10.5. The third-order valence-corrected chi connectivity index (χ3v) is 3.03. The highest BCUT2D eigenvalue weighted by Crippen LogP contribution is 2.24. The smallest absolute Gasteiger partial charge is 0.123 e. The molecule has 2 nitrogen and oxygen atoms in total. The minimum Gasteiger partial charge on any atom is -0.489 e. The molecule has 0 saturated carbocycles. The van der Waals surface area contributed by atoms with Crippen molar-refractivity contribution in [3.8, 4) is 5.75 Å². The Hall–Kier alpha value is -1.80. The maximum absolute atomic E-state index is 10.5. The number of ether oxygens (including phenoxy) is 1. The van der Waals surface area contributed by atoms with Gasteiger partial charge >= 0.3 is 0 Å². The fourth-order valence-electron chi connectivity index (χ4n) is 1.83. The molecule has 0 radical (unpaired) electrons. The van der Waals surface area contributed by atoms with E-state index in [-0.39, 0.29) is 0 Å². The Labute approximate surface area is 118 Å². The Morgan fingerprint density at radius 2 is 1.89 bits per heavy atom. The van der Waals surface area contributed by atoms with Gasteiger partial charge in [-0.3, -0.25) is 0 Å². The summed E-state index contributed by atoms with van der Waals surface area (Å²) in [4.78, 5) is 10.5. The van der Waals surface area contributed by atoms with Crippen LogP contribution in [0, 0.1) is 0 Å². The number of aryl methyl sites for hydroxylation is 1. The van der Waals surface area contributed by atoms with Crippen LogP contribution in [0.15, 0.2) is 48.5 Å². The molecule has 3 heteroatoms. The molecule has 0 fully saturated rings. The number of rotatable bonds is 6. The number of halogens is 1. The van der Waals surface area contributed by atoms with Crippen molar-refractivity contribution in [2.24, 2.45) is 0 Å². The van der Waals surface area contributed by atoms with Crippen LogP contribution in [0.3, 0.4) is 0 Å². The van der Waals surface area contributed by atoms with Crippen LogP contribution in [-0.2, 0) is 17.8 Å². The van der Waals surface area contributed by atoms with E-state index < -0.39 is 0 Å². The van der Waals surface area contributed by atoms with E-state index in [9.17, 15) is 4.79 Å². The van der Waals surface area contributed by atoms with Gasteiger partial charge in [0.15, 0.2) is 0 Å². The van der Waals surface area contributed by atoms with Gasteiger partial charge in [-0.1, -0.05) is 41.9 Å². The van der Waals surface area contributed by atoms with Crippen molar-refractivity contribution >= 4 is 17.9 Å². The molecule has 2 aromatic carbocycles. The lowest BCUT2D eigenvalue weighted by Crippen LogP contribution is -1.99. The Balaban J connectivity index is 2.08. The minimum atomic E-state index is 0.474. The van der Waals surface area contributed by atoms with Crippen molar-refractivity contribution in [1.82, 2.24) is 0 Å². The third-order valence-electron chi connectivity index (χ3n) is 2.79. The van der Waals surface area contributed by atoms with Gasteiger partial charge in [-0.05, 0) is 35.7 Å². The molecule has 0 unspecified atom stereocenters. The van der Waals surface area contributed by atoms with Crippen molar-refractivity contribution in [1.29, 1.82) is 0 Å². The lowest BCUT2D eigenvalue weighted by molar-refractivity contribution is -0.107. The molecule has 0 bridgehead atoms. The first-order valence-electron chi connectivity index (χ1n) is 6.18. The highest BCUT2D eigenvalue weighted by Gasteiger charge is 2.05. The second kappa shape index (κ2) is 6.95. The van der Waals surface area contributed by atoms with Crippen molar-refractivity contribution in [2.45, 2.75) is 19.4 Å². The zero-order chi connectivity index (χ0) is 13.5. The van der Waals surface area contributed by atoms with Crippen LogP contribution in [0.25, 0.3) is 0 Å². The molecular weight excluding hydrogens is 260 g/mol. The molecule has 0 aliphatic rings. The molecule has 2 aromatic rings. The topological polar surface area (TPSA) is 26.3 Å². The molecule has 2 rings (SSSR count). The van der Waals surface area contributed by atoms with Gasteiger partial charge in [-0.2, -0.15) is 0 Å². The van der Waals surface area contributed by atoms with Crippen LogP contribution in [0.4, 0.5) is 0 Å². The molecule has 0 aliphatic heterocycles. The summed E-state index contributed by atoms with van der Waals surface area (Å²) in [6.45, 7) is 0.510. The monoisotopic (exact) mass is 274 g/mol. The van der Waals surface area contributed by atoms with Gasteiger partial charge in [0.25, 0.3) is 0 Å². The van der Waals surface area contributed by atoms with E-state index in [0.29, 0.717) is 24.5 Å². The minimum absolute atomic E-state index is 0.474. The average molecular weight is 275 g/mol. The van der Waals surface area contributed by atoms with Gasteiger partial charge in [0.1, 0.15) is 18.6 Å². The van der Waals surface area contributed by atoms with Crippen molar-refractivity contribution in [3.63, 3.8) is 0 Å². The van der Waals surface area contributed by atoms with Crippen LogP contribution in [0.2, 0.25) is 5.02 Å². The van der Waals surface area contributed by atoms with E-state index in [0.717, 1.165) is 23.2 Å². The van der Waals surface area contributed by atoms with E-state index in [1.165, 1.54) is 0 Å². The molecule has 0 spiro atoms. The van der Waals surface area contributed by atoms with Crippen molar-refractivity contribution < 1.29 is 9.53 Å². The number of hydrogen-bond acceptors (Lipinski definition) is 2. The largest absolute Gasteiger partial charge is 0.489 e. The van der Waals surface area contributed by atoms with Crippen molar-refractivity contribution in [3.05, 3.63) is 64.7 Å². The summed E-state index contributed by atoms with van der Waals surface area (Å²) in [5.41, 5.74) is 2.08. The summed E-state index contributed by atoms with van der Waals surface area (Å²) in [7, 11) is 0. The quantitative estimate of drug-likeness (QED) is 0.743. The highest BCUT2D eigenvalue weighted by molar-refractivity contribution is 6.30. The maximum atomic E-state index is 10.5. The summed E-state index contributed by atoms with van der Waals surface area (Å²) in [5, 5.41) is 0.660. The molecule has 0 atom stereocenters. The molecule has 0 saturated heterocycles. The Morgan fingerprint density at radius 1 is 1.11 bits per heavy atom. The third kappa shape index (κ3) is 4.11. The number of aldehydes is 1. The van der Waals surface area contributed by atoms with Gasteiger partial charge in [-0.25, -0.2) is 0 Å². The van der Waals surface area contributed by atoms with E-state index >= 15 is 0 Å². The summed E-state index contributed by atoms with van der Waals surface area (Å²) in [6.07, 6.45) is 2.03. The SMILES string of the molecule is O=CCCc1cc(Cl)ccc1OCc1ccccc1. The number of carbonyl (C=O) groups is 1. The Kier molecular flexibility index (Phi) is 4.99. The second-order valence-corrected chi connectivity index (χ2v) is 4.67. The Bertz CT molecular complexity index is 538. The lowest BCUT2D eigenvalue weighted by Gasteiger charge is -2.11. The number of carbonyl (C=O) groups excluding carboxylic acids is 1. The van der Waals surface area contributed by atoms with Crippen LogP contribution >= 0.6 is 11.6 Å². The molecule has 98 valence electrons. The van der Waals surface area contributed by atoms with Gasteiger partial charge in [0, 0.05) is 11.4 Å². The van der Waals surface area contributed by atoms with Crippen LogP contribution in [-0.4, -0.2) is 6.29 Å². The highest BCUT2D eigenvalue weighted by atomic mass is 35.5.